The van der Waals surface area contributed by atoms with Gasteiger partial charge in [0.05, 0.1) is 17.9 Å². The van der Waals surface area contributed by atoms with Gasteiger partial charge in [0.1, 0.15) is 5.82 Å². The van der Waals surface area contributed by atoms with Crippen molar-refractivity contribution in [2.45, 2.75) is 32.7 Å². The van der Waals surface area contributed by atoms with Gasteiger partial charge in [-0.25, -0.2) is 4.39 Å². The molecule has 0 aliphatic carbocycles. The Morgan fingerprint density at radius 2 is 1.89 bits per heavy atom. The number of rotatable bonds is 5. The smallest absolute Gasteiger partial charge is 0.141 e. The maximum atomic E-state index is 12.8. The average molecular weight is 258 g/mol. The summed E-state index contributed by atoms with van der Waals surface area (Å²) in [5.41, 5.74) is 3.23. The first kappa shape index (κ1) is 13.5. The van der Waals surface area contributed by atoms with Crippen LogP contribution < -0.4 is 5.32 Å². The van der Waals surface area contributed by atoms with Crippen molar-refractivity contribution < 1.29 is 4.39 Å². The SMILES string of the molecule is CCCc1ccc(NC(C)c2ccc(F)cn2)cc1. The fourth-order valence-electron chi connectivity index (χ4n) is 2.02. The van der Waals surface area contributed by atoms with Crippen molar-refractivity contribution >= 4 is 5.69 Å². The highest BCUT2D eigenvalue weighted by Crippen LogP contribution is 2.18. The van der Waals surface area contributed by atoms with E-state index in [9.17, 15) is 4.39 Å². The summed E-state index contributed by atoms with van der Waals surface area (Å²) < 4.78 is 12.8. The predicted molar refractivity (Wildman–Crippen MR) is 76.7 cm³/mol. The molecule has 100 valence electrons. The van der Waals surface area contributed by atoms with Gasteiger partial charge in [0.25, 0.3) is 0 Å². The van der Waals surface area contributed by atoms with Crippen LogP contribution in [0.4, 0.5) is 10.1 Å². The number of anilines is 1. The van der Waals surface area contributed by atoms with Crippen molar-refractivity contribution in [2.24, 2.45) is 0 Å². The Morgan fingerprint density at radius 3 is 2.47 bits per heavy atom. The molecule has 1 atom stereocenters. The molecule has 1 N–H and O–H groups in total. The first-order chi connectivity index (χ1) is 9.19. The molecule has 2 rings (SSSR count). The Morgan fingerprint density at radius 1 is 1.16 bits per heavy atom. The van der Waals surface area contributed by atoms with Crippen molar-refractivity contribution in [3.8, 4) is 0 Å². The Bertz CT molecular complexity index is 505. The van der Waals surface area contributed by atoms with Crippen LogP contribution in [0.1, 0.15) is 37.6 Å². The van der Waals surface area contributed by atoms with E-state index in [1.165, 1.54) is 17.8 Å². The van der Waals surface area contributed by atoms with Crippen LogP contribution in [0.5, 0.6) is 0 Å². The van der Waals surface area contributed by atoms with Gasteiger partial charge in [-0.05, 0) is 43.2 Å². The third-order valence-corrected chi connectivity index (χ3v) is 3.07. The molecule has 0 saturated heterocycles. The molecule has 2 nitrogen and oxygen atoms in total. The number of hydrogen-bond donors (Lipinski definition) is 1. The lowest BCUT2D eigenvalue weighted by Crippen LogP contribution is -2.08. The van der Waals surface area contributed by atoms with Gasteiger partial charge in [0, 0.05) is 5.69 Å². The molecule has 0 spiro atoms. The number of benzene rings is 1. The lowest BCUT2D eigenvalue weighted by atomic mass is 10.1. The van der Waals surface area contributed by atoms with Gasteiger partial charge in [-0.1, -0.05) is 25.5 Å². The summed E-state index contributed by atoms with van der Waals surface area (Å²) in [6.07, 6.45) is 3.51. The molecule has 0 radical (unpaired) electrons. The molecule has 1 unspecified atom stereocenters. The van der Waals surface area contributed by atoms with E-state index in [0.717, 1.165) is 24.2 Å². The lowest BCUT2D eigenvalue weighted by molar-refractivity contribution is 0.617. The highest BCUT2D eigenvalue weighted by Gasteiger charge is 2.06. The highest BCUT2D eigenvalue weighted by atomic mass is 19.1. The van der Waals surface area contributed by atoms with Crippen LogP contribution in [0.3, 0.4) is 0 Å². The monoisotopic (exact) mass is 258 g/mol. The van der Waals surface area contributed by atoms with Gasteiger partial charge in [0.15, 0.2) is 0 Å². The summed E-state index contributed by atoms with van der Waals surface area (Å²) in [5.74, 6) is -0.306. The standard InChI is InChI=1S/C16H19FN2/c1-3-4-13-5-8-15(9-6-13)19-12(2)16-10-7-14(17)11-18-16/h5-12,19H,3-4H2,1-2H3. The molecule has 1 aromatic carbocycles. The van der Waals surface area contributed by atoms with Crippen molar-refractivity contribution in [1.29, 1.82) is 0 Å². The van der Waals surface area contributed by atoms with E-state index in [1.54, 1.807) is 6.07 Å². The molecule has 19 heavy (non-hydrogen) atoms. The Balaban J connectivity index is 2.01. The zero-order valence-corrected chi connectivity index (χ0v) is 11.4. The van der Waals surface area contributed by atoms with Gasteiger partial charge in [-0.2, -0.15) is 0 Å². The lowest BCUT2D eigenvalue weighted by Gasteiger charge is -2.15. The van der Waals surface area contributed by atoms with Crippen LogP contribution in [0.2, 0.25) is 0 Å². The van der Waals surface area contributed by atoms with E-state index in [-0.39, 0.29) is 11.9 Å². The van der Waals surface area contributed by atoms with Crippen molar-refractivity contribution in [2.75, 3.05) is 5.32 Å². The second kappa shape index (κ2) is 6.32. The molecular weight excluding hydrogens is 239 g/mol. The summed E-state index contributed by atoms with van der Waals surface area (Å²) in [6, 6.07) is 11.6. The van der Waals surface area contributed by atoms with Crippen LogP contribution in [-0.4, -0.2) is 4.98 Å². The fraction of sp³-hybridized carbons (Fsp3) is 0.312. The topological polar surface area (TPSA) is 24.9 Å². The maximum absolute atomic E-state index is 12.8. The van der Waals surface area contributed by atoms with Gasteiger partial charge >= 0.3 is 0 Å². The Labute approximate surface area is 113 Å². The molecule has 0 amide bonds. The number of nitrogens with one attached hydrogen (secondary N) is 1. The first-order valence-corrected chi connectivity index (χ1v) is 6.66. The van der Waals surface area contributed by atoms with Crippen LogP contribution in [0.15, 0.2) is 42.6 Å². The maximum Gasteiger partial charge on any atom is 0.141 e. The van der Waals surface area contributed by atoms with E-state index in [2.05, 4.69) is 41.5 Å². The second-order valence-corrected chi connectivity index (χ2v) is 4.71. The number of halogens is 1. The first-order valence-electron chi connectivity index (χ1n) is 6.66. The zero-order valence-electron chi connectivity index (χ0n) is 11.4. The van der Waals surface area contributed by atoms with Crippen molar-refractivity contribution in [3.63, 3.8) is 0 Å². The summed E-state index contributed by atoms with van der Waals surface area (Å²) in [6.45, 7) is 4.19. The number of nitrogens with zero attached hydrogens (tertiary/aromatic N) is 1. The number of pyridine rings is 1. The molecule has 0 bridgehead atoms. The fourth-order valence-corrected chi connectivity index (χ4v) is 2.02. The summed E-state index contributed by atoms with van der Waals surface area (Å²) in [7, 11) is 0. The average Bonchev–Trinajstić information content (AvgIpc) is 2.42. The molecule has 2 aromatic rings. The summed E-state index contributed by atoms with van der Waals surface area (Å²) >= 11 is 0. The van der Waals surface area contributed by atoms with Crippen molar-refractivity contribution in [1.82, 2.24) is 4.98 Å². The molecule has 0 aliphatic heterocycles. The molecule has 0 fully saturated rings. The summed E-state index contributed by atoms with van der Waals surface area (Å²) in [5, 5.41) is 3.36. The molecular formula is C16H19FN2. The molecule has 0 aliphatic rings. The van der Waals surface area contributed by atoms with E-state index < -0.39 is 0 Å². The molecule has 0 saturated carbocycles. The Kier molecular flexibility index (Phi) is 4.50. The van der Waals surface area contributed by atoms with Crippen molar-refractivity contribution in [3.05, 3.63) is 59.7 Å². The summed E-state index contributed by atoms with van der Waals surface area (Å²) in [4.78, 5) is 4.08. The number of hydrogen-bond acceptors (Lipinski definition) is 2. The van der Waals surface area contributed by atoms with E-state index in [1.807, 2.05) is 6.92 Å². The normalized spacial score (nSPS) is 12.2. The van der Waals surface area contributed by atoms with E-state index in [4.69, 9.17) is 0 Å². The van der Waals surface area contributed by atoms with E-state index >= 15 is 0 Å². The number of aryl methyl sites for hydroxylation is 1. The van der Waals surface area contributed by atoms with Crippen LogP contribution >= 0.6 is 0 Å². The quantitative estimate of drug-likeness (QED) is 0.862. The minimum Gasteiger partial charge on any atom is -0.377 e. The van der Waals surface area contributed by atoms with Gasteiger partial charge in [-0.3, -0.25) is 4.98 Å². The largest absolute Gasteiger partial charge is 0.377 e. The Hall–Kier alpha value is -1.90. The minimum atomic E-state index is -0.306. The highest BCUT2D eigenvalue weighted by molar-refractivity contribution is 5.46. The minimum absolute atomic E-state index is 0.0534. The molecule has 1 heterocycles. The zero-order chi connectivity index (χ0) is 13.7. The third kappa shape index (κ3) is 3.78. The van der Waals surface area contributed by atoms with Crippen LogP contribution in [0.25, 0.3) is 0 Å². The predicted octanol–water partition coefficient (Wildman–Crippen LogP) is 4.35. The third-order valence-electron chi connectivity index (χ3n) is 3.07. The molecule has 1 aromatic heterocycles. The van der Waals surface area contributed by atoms with Gasteiger partial charge in [0.2, 0.25) is 0 Å². The van der Waals surface area contributed by atoms with Crippen LogP contribution in [0, 0.1) is 5.82 Å². The molecule has 3 heteroatoms. The number of aromatic nitrogens is 1. The van der Waals surface area contributed by atoms with Crippen LogP contribution in [-0.2, 0) is 6.42 Å². The van der Waals surface area contributed by atoms with E-state index in [0.29, 0.717) is 0 Å². The van der Waals surface area contributed by atoms with Gasteiger partial charge in [-0.15, -0.1) is 0 Å². The second-order valence-electron chi connectivity index (χ2n) is 4.71. The van der Waals surface area contributed by atoms with Gasteiger partial charge < -0.3 is 5.32 Å².